The molecule has 0 saturated heterocycles. The Morgan fingerprint density at radius 2 is 1.67 bits per heavy atom. The van der Waals surface area contributed by atoms with Gasteiger partial charge in [0.2, 0.25) is 0 Å². The number of amides is 2. The van der Waals surface area contributed by atoms with Gasteiger partial charge in [0.15, 0.2) is 0 Å². The first kappa shape index (κ1) is 14.7. The van der Waals surface area contributed by atoms with Crippen molar-refractivity contribution in [3.8, 4) is 0 Å². The normalized spacial score (nSPS) is 14.4. The monoisotopic (exact) mass is 322 g/mol. The Kier molecular flexibility index (Phi) is 3.11. The van der Waals surface area contributed by atoms with Gasteiger partial charge in [-0.05, 0) is 44.4 Å². The highest BCUT2D eigenvalue weighted by Crippen LogP contribution is 2.32. The average Bonchev–Trinajstić information content (AvgIpc) is 3.00. The van der Waals surface area contributed by atoms with Gasteiger partial charge in [-0.3, -0.25) is 14.5 Å². The van der Waals surface area contributed by atoms with E-state index in [1.807, 2.05) is 37.2 Å². The predicted octanol–water partition coefficient (Wildman–Crippen LogP) is 2.06. The molecule has 24 heavy (non-hydrogen) atoms. The minimum absolute atomic E-state index is 0.225. The highest BCUT2D eigenvalue weighted by Gasteiger charge is 2.35. The summed E-state index contributed by atoms with van der Waals surface area (Å²) in [7, 11) is 3.83. The first-order chi connectivity index (χ1) is 11.5. The second-order valence-electron chi connectivity index (χ2n) is 6.44. The topological polar surface area (TPSA) is 82.4 Å². The molecular weight excluding hydrogens is 304 g/mol. The Morgan fingerprint density at radius 1 is 1.00 bits per heavy atom. The fraction of sp³-hybridized carbons (Fsp3) is 0.222. The number of benzene rings is 2. The minimum Gasteiger partial charge on any atom is -0.399 e. The van der Waals surface area contributed by atoms with Crippen molar-refractivity contribution in [2.45, 2.75) is 0 Å². The molecule has 2 aromatic carbocycles. The molecule has 1 aliphatic rings. The van der Waals surface area contributed by atoms with Crippen LogP contribution >= 0.6 is 0 Å². The maximum atomic E-state index is 12.6. The molecular formula is C18H18N4O2. The van der Waals surface area contributed by atoms with Crippen molar-refractivity contribution in [2.75, 3.05) is 32.9 Å². The van der Waals surface area contributed by atoms with Crippen LogP contribution in [0.3, 0.4) is 0 Å². The van der Waals surface area contributed by atoms with E-state index in [-0.39, 0.29) is 11.8 Å². The third-order valence-corrected chi connectivity index (χ3v) is 4.48. The molecule has 0 radical (unpaired) electrons. The van der Waals surface area contributed by atoms with Gasteiger partial charge in [0, 0.05) is 40.6 Å². The molecule has 2 heterocycles. The molecule has 1 aliphatic heterocycles. The third-order valence-electron chi connectivity index (χ3n) is 4.48. The lowest BCUT2D eigenvalue weighted by Gasteiger charge is -2.16. The first-order valence-corrected chi connectivity index (χ1v) is 7.81. The summed E-state index contributed by atoms with van der Waals surface area (Å²) in [5.74, 6) is -0.450. The quantitative estimate of drug-likeness (QED) is 0.571. The van der Waals surface area contributed by atoms with E-state index in [1.54, 1.807) is 12.1 Å². The highest BCUT2D eigenvalue weighted by molar-refractivity contribution is 6.24. The van der Waals surface area contributed by atoms with Crippen LogP contribution in [0, 0.1) is 0 Å². The molecule has 2 amide bonds. The Bertz CT molecular complexity index is 1000. The van der Waals surface area contributed by atoms with E-state index in [2.05, 4.69) is 4.98 Å². The number of aromatic amines is 1. The summed E-state index contributed by atoms with van der Waals surface area (Å²) >= 11 is 0. The molecule has 6 nitrogen and oxygen atoms in total. The van der Waals surface area contributed by atoms with Crippen molar-refractivity contribution in [2.24, 2.45) is 0 Å². The summed E-state index contributed by atoms with van der Waals surface area (Å²) in [5.41, 5.74) is 9.25. The standard InChI is InChI=1S/C18H18N4O2/c1-21(2)5-6-22-17(23)13-8-12-11-7-10(19)3-4-15(11)20-16(12)9-14(13)18(22)24/h3-4,7-9,20H,5-6,19H2,1-2H3. The molecule has 3 N–H and O–H groups in total. The lowest BCUT2D eigenvalue weighted by atomic mass is 10.0. The van der Waals surface area contributed by atoms with Crippen LogP contribution in [-0.2, 0) is 0 Å². The molecule has 3 aromatic rings. The molecule has 1 aromatic heterocycles. The van der Waals surface area contributed by atoms with Crippen LogP contribution in [-0.4, -0.2) is 53.8 Å². The van der Waals surface area contributed by atoms with E-state index < -0.39 is 0 Å². The Labute approximate surface area is 138 Å². The fourth-order valence-electron chi connectivity index (χ4n) is 3.20. The largest absolute Gasteiger partial charge is 0.399 e. The number of nitrogens with two attached hydrogens (primary N) is 1. The first-order valence-electron chi connectivity index (χ1n) is 7.81. The Balaban J connectivity index is 1.85. The molecule has 0 aliphatic carbocycles. The molecule has 6 heteroatoms. The third kappa shape index (κ3) is 2.07. The molecule has 0 unspecified atom stereocenters. The zero-order valence-electron chi connectivity index (χ0n) is 13.6. The summed E-state index contributed by atoms with van der Waals surface area (Å²) in [6, 6.07) is 9.19. The van der Waals surface area contributed by atoms with Crippen LogP contribution < -0.4 is 5.73 Å². The van der Waals surface area contributed by atoms with E-state index in [0.717, 1.165) is 21.8 Å². The summed E-state index contributed by atoms with van der Waals surface area (Å²) in [6.07, 6.45) is 0. The molecule has 0 saturated carbocycles. The van der Waals surface area contributed by atoms with Crippen molar-refractivity contribution >= 4 is 39.3 Å². The summed E-state index contributed by atoms with van der Waals surface area (Å²) in [5, 5.41) is 1.87. The van der Waals surface area contributed by atoms with Crippen LogP contribution in [0.5, 0.6) is 0 Å². The Morgan fingerprint density at radius 3 is 2.38 bits per heavy atom. The lowest BCUT2D eigenvalue weighted by molar-refractivity contribution is 0.0645. The number of nitrogens with zero attached hydrogens (tertiary/aromatic N) is 2. The number of aromatic nitrogens is 1. The summed E-state index contributed by atoms with van der Waals surface area (Å²) in [6.45, 7) is 1.03. The number of hydrogen-bond acceptors (Lipinski definition) is 4. The second-order valence-corrected chi connectivity index (χ2v) is 6.44. The van der Waals surface area contributed by atoms with Crippen molar-refractivity contribution in [3.05, 3.63) is 41.5 Å². The summed E-state index contributed by atoms with van der Waals surface area (Å²) in [4.78, 5) is 31.8. The predicted molar refractivity (Wildman–Crippen MR) is 94.1 cm³/mol. The maximum Gasteiger partial charge on any atom is 0.261 e. The van der Waals surface area contributed by atoms with Gasteiger partial charge in [-0.15, -0.1) is 0 Å². The Hall–Kier alpha value is -2.86. The second kappa shape index (κ2) is 5.07. The summed E-state index contributed by atoms with van der Waals surface area (Å²) < 4.78 is 0. The number of imide groups is 1. The molecule has 122 valence electrons. The number of anilines is 1. The number of likely N-dealkylation sites (N-methyl/N-ethyl adjacent to an activating group) is 1. The lowest BCUT2D eigenvalue weighted by Crippen LogP contribution is -2.35. The minimum atomic E-state index is -0.225. The van der Waals surface area contributed by atoms with Crippen LogP contribution in [0.2, 0.25) is 0 Å². The van der Waals surface area contributed by atoms with Gasteiger partial charge >= 0.3 is 0 Å². The maximum absolute atomic E-state index is 12.6. The van der Waals surface area contributed by atoms with Crippen molar-refractivity contribution in [1.29, 1.82) is 0 Å². The number of nitrogen functional groups attached to an aromatic ring is 1. The number of carbonyl (C=O) groups excluding carboxylic acids is 2. The molecule has 0 atom stereocenters. The number of fused-ring (bicyclic) bond motifs is 4. The van der Waals surface area contributed by atoms with E-state index >= 15 is 0 Å². The van der Waals surface area contributed by atoms with Gasteiger partial charge in [-0.1, -0.05) is 0 Å². The van der Waals surface area contributed by atoms with Gasteiger partial charge in [0.05, 0.1) is 11.1 Å². The van der Waals surface area contributed by atoms with E-state index in [4.69, 9.17) is 5.73 Å². The molecule has 0 bridgehead atoms. The SMILES string of the molecule is CN(C)CCN1C(=O)c2cc3[nH]c4ccc(N)cc4c3cc2C1=O. The molecule has 4 rings (SSSR count). The van der Waals surface area contributed by atoms with Crippen molar-refractivity contribution in [3.63, 3.8) is 0 Å². The van der Waals surface area contributed by atoms with Crippen LogP contribution in [0.15, 0.2) is 30.3 Å². The van der Waals surface area contributed by atoms with Gasteiger partial charge in [0.25, 0.3) is 11.8 Å². The number of carbonyl (C=O) groups is 2. The van der Waals surface area contributed by atoms with Crippen molar-refractivity contribution in [1.82, 2.24) is 14.8 Å². The van der Waals surface area contributed by atoms with E-state index in [1.165, 1.54) is 4.90 Å². The van der Waals surface area contributed by atoms with Gasteiger partial charge in [-0.2, -0.15) is 0 Å². The van der Waals surface area contributed by atoms with Crippen molar-refractivity contribution < 1.29 is 9.59 Å². The van der Waals surface area contributed by atoms with Gasteiger partial charge in [0.1, 0.15) is 0 Å². The van der Waals surface area contributed by atoms with Crippen LogP contribution in [0.25, 0.3) is 21.8 Å². The van der Waals surface area contributed by atoms with E-state index in [9.17, 15) is 9.59 Å². The van der Waals surface area contributed by atoms with Crippen LogP contribution in [0.4, 0.5) is 5.69 Å². The van der Waals surface area contributed by atoms with Gasteiger partial charge < -0.3 is 15.6 Å². The van der Waals surface area contributed by atoms with E-state index in [0.29, 0.717) is 29.9 Å². The zero-order chi connectivity index (χ0) is 17.0. The van der Waals surface area contributed by atoms with Crippen LogP contribution in [0.1, 0.15) is 20.7 Å². The number of hydrogen-bond donors (Lipinski definition) is 2. The van der Waals surface area contributed by atoms with Gasteiger partial charge in [-0.25, -0.2) is 0 Å². The number of rotatable bonds is 3. The number of H-pyrrole nitrogens is 1. The molecule has 0 fully saturated rings. The highest BCUT2D eigenvalue weighted by atomic mass is 16.2. The number of nitrogens with one attached hydrogen (secondary N) is 1. The zero-order valence-corrected chi connectivity index (χ0v) is 13.6. The molecule has 0 spiro atoms. The fourth-order valence-corrected chi connectivity index (χ4v) is 3.20. The smallest absolute Gasteiger partial charge is 0.261 e. The average molecular weight is 322 g/mol.